The van der Waals surface area contributed by atoms with Crippen LogP contribution in [-0.4, -0.2) is 162 Å². The van der Waals surface area contributed by atoms with E-state index in [1.807, 2.05) is 5.10 Å². The molecule has 0 unspecified atom stereocenters. The van der Waals surface area contributed by atoms with Crippen LogP contribution in [0, 0.1) is 71.1 Å². The maximum absolute atomic E-state index is 14.5. The third-order valence-corrected chi connectivity index (χ3v) is 16.3. The lowest BCUT2D eigenvalue weighted by Gasteiger charge is -2.46. The molecule has 0 saturated carbocycles. The van der Waals surface area contributed by atoms with Gasteiger partial charge in [0.2, 0.25) is 28.7 Å². The van der Waals surface area contributed by atoms with Crippen LogP contribution in [0.15, 0.2) is 123 Å². The summed E-state index contributed by atoms with van der Waals surface area (Å²) in [6, 6.07) is 16.7. The van der Waals surface area contributed by atoms with E-state index in [9.17, 15) is 85.0 Å². The average Bonchev–Trinajstić information content (AvgIpc) is 1.59. The fourth-order valence-corrected chi connectivity index (χ4v) is 12.1. The maximum atomic E-state index is 14.5. The second kappa shape index (κ2) is 38.2. The van der Waals surface area contributed by atoms with Crippen molar-refractivity contribution in [3.8, 4) is 22.7 Å². The molecule has 0 aliphatic carbocycles. The van der Waals surface area contributed by atoms with Gasteiger partial charge in [-0.25, -0.2) is 51.8 Å². The number of anilines is 5. The molecule has 2 fully saturated rings. The van der Waals surface area contributed by atoms with Crippen molar-refractivity contribution in [1.82, 2.24) is 110 Å². The van der Waals surface area contributed by atoms with E-state index < -0.39 is 109 Å². The highest BCUT2D eigenvalue weighted by atomic mass is 35.5. The van der Waals surface area contributed by atoms with Crippen LogP contribution in [0.5, 0.6) is 0 Å². The van der Waals surface area contributed by atoms with Crippen molar-refractivity contribution in [2.75, 3.05) is 21.7 Å². The number of benzene rings is 5. The summed E-state index contributed by atoms with van der Waals surface area (Å²) in [6.45, 7) is 26.3. The molecule has 0 atom stereocenters. The monoisotopic (exact) mass is 1710 g/mol. The van der Waals surface area contributed by atoms with Gasteiger partial charge in [-0.1, -0.05) is 26.2 Å². The summed E-state index contributed by atoms with van der Waals surface area (Å²) in [5.74, 6) is -4.93. The summed E-state index contributed by atoms with van der Waals surface area (Å²) in [4.78, 5) is 101. The Morgan fingerprint density at radius 3 is 1.23 bits per heavy atom. The van der Waals surface area contributed by atoms with Crippen molar-refractivity contribution in [3.05, 3.63) is 227 Å². The minimum atomic E-state index is -0.994. The lowest BCUT2D eigenvalue weighted by Crippen LogP contribution is -2.60. The second-order valence-electron chi connectivity index (χ2n) is 30.3. The van der Waals surface area contributed by atoms with E-state index in [0.717, 1.165) is 113 Å². The number of hydrogen-bond acceptors (Lipinski definition) is 29. The van der Waals surface area contributed by atoms with Gasteiger partial charge in [0.1, 0.15) is 11.6 Å². The molecule has 8 N–H and O–H groups in total. The number of nitrogen functional groups attached to an aromatic ring is 1. The highest BCUT2D eigenvalue weighted by molar-refractivity contribution is 6.74. The fraction of sp³-hybridized carbons (Fsp3) is 0.368. The molecule has 2 aliphatic heterocycles. The Hall–Kier alpha value is -13.0. The van der Waals surface area contributed by atoms with E-state index in [1.54, 1.807) is 0 Å². The van der Waals surface area contributed by atoms with E-state index in [4.69, 9.17) is 28.9 Å². The Labute approximate surface area is 674 Å². The molecule has 5 aromatic carbocycles. The predicted octanol–water partition coefficient (Wildman–Crippen LogP) is 9.26. The van der Waals surface area contributed by atoms with Crippen LogP contribution in [0.2, 0.25) is 31.5 Å². The van der Waals surface area contributed by atoms with E-state index in [1.165, 1.54) is 69.7 Å². The zero-order valence-corrected chi connectivity index (χ0v) is 68.1. The molecule has 6 aromatic heterocycles. The molecule has 8 heterocycles. The number of piperidine rings is 2. The van der Waals surface area contributed by atoms with Gasteiger partial charge in [-0.05, 0) is 219 Å². The lowest BCUT2D eigenvalue weighted by molar-refractivity contribution is -0.387. The number of aromatic nitrogens is 20. The van der Waals surface area contributed by atoms with Gasteiger partial charge in [-0.15, -0.1) is 0 Å². The Morgan fingerprint density at radius 1 is 0.500 bits per heavy atom. The Bertz CT molecular complexity index is 5690. The third-order valence-electron chi connectivity index (χ3n) is 15.9. The molecule has 0 radical (unpaired) electrons. The highest BCUT2D eigenvalue weighted by Gasteiger charge is 2.40. The number of nitro benzene ring substituents is 3. The van der Waals surface area contributed by atoms with Crippen LogP contribution in [0.25, 0.3) is 22.7 Å². The number of nitro groups is 3. The topological polar surface area (TPSA) is 506 Å². The number of H-pyrrole nitrogens is 1. The van der Waals surface area contributed by atoms with Crippen LogP contribution in [0.1, 0.15) is 91.4 Å². The Balaban J connectivity index is 0.000000199. The number of hydrogen-bond donors (Lipinski definition) is 7. The first-order valence-electron chi connectivity index (χ1n) is 34.8. The number of carbonyl (C=O) groups excluding carboxylic acids is 1. The Kier molecular flexibility index (Phi) is 29.9. The zero-order valence-electron chi connectivity index (χ0n) is 65.6. The van der Waals surface area contributed by atoms with E-state index in [0.29, 0.717) is 11.4 Å². The molecule has 118 heavy (non-hydrogen) atoms. The van der Waals surface area contributed by atoms with Gasteiger partial charge < -0.3 is 32.3 Å². The first-order valence-corrected chi connectivity index (χ1v) is 39.5. The number of aryl methyl sites for hydroxylation is 3. The molecule has 50 heteroatoms. The molecule has 0 amide bonds. The Morgan fingerprint density at radius 2 is 0.856 bits per heavy atom. The zero-order chi connectivity index (χ0) is 88.0. The van der Waals surface area contributed by atoms with Gasteiger partial charge in [0.25, 0.3) is 5.24 Å². The van der Waals surface area contributed by atoms with Crippen LogP contribution in [0.4, 0.5) is 76.8 Å². The van der Waals surface area contributed by atoms with E-state index in [-0.39, 0.29) is 85.4 Å². The molecule has 11 aromatic rings. The largest absolute Gasteiger partial charge is 0.396 e. The molecular weight excluding hydrogens is 1630 g/mol. The van der Waals surface area contributed by atoms with Crippen molar-refractivity contribution >= 4 is 82.5 Å². The number of rotatable bonds is 14. The van der Waals surface area contributed by atoms with Crippen LogP contribution in [0.3, 0.4) is 0 Å². The number of tetrazole rings is 4. The molecule has 40 nitrogen and oxygen atoms in total. The SMILES string of the molecule is CC1(C)CC(Nc2nc(Cl)ncc2F)CC(C)(C)N1.C[Si](C)(C)C.Cn1nnn(-c2ccc(F)c(N)c2)c1=O.Cn1nnn(-c2ccc(F)c(Nc3ncc(F)c(NC4CC(C)(C)NC(C)(C)C4)n3)c2)c1=O.Cn1nnn(-c2ccc(F)c([N+](=O)[O-])c2)c1=O.O=C(Cl)c1ccc(F)c([N+](=O)[O-])c1.O=c1[nH]nnn1-c1ccc(F)c([N+](=O)[O-])c1. The summed E-state index contributed by atoms with van der Waals surface area (Å²) in [5, 5.41) is 76.7. The minimum absolute atomic E-state index is 0.00624. The smallest absolute Gasteiger partial charge is 0.368 e. The van der Waals surface area contributed by atoms with Crippen molar-refractivity contribution in [3.63, 3.8) is 0 Å². The quantitative estimate of drug-likeness (QED) is 0.0101. The summed E-state index contributed by atoms with van der Waals surface area (Å²) in [6.07, 6.45) is 5.44. The molecular formula is C68H80Cl2F7N29O11Si. The summed E-state index contributed by atoms with van der Waals surface area (Å²) in [5.41, 5.74) is 1.43. The van der Waals surface area contributed by atoms with Crippen molar-refractivity contribution in [1.29, 1.82) is 0 Å². The number of nitrogens with zero attached hydrogens (tertiary/aromatic N) is 22. The van der Waals surface area contributed by atoms with Gasteiger partial charge in [0.05, 0.1) is 61.3 Å². The second-order valence-corrected chi connectivity index (χ2v) is 37.0. The van der Waals surface area contributed by atoms with Gasteiger partial charge in [-0.3, -0.25) is 35.1 Å². The molecule has 630 valence electrons. The van der Waals surface area contributed by atoms with Crippen LogP contribution in [-0.2, 0) is 21.1 Å². The maximum Gasteiger partial charge on any atom is 0.368 e. The molecule has 0 spiro atoms. The highest BCUT2D eigenvalue weighted by Crippen LogP contribution is 2.34. The first-order chi connectivity index (χ1) is 54.8. The third kappa shape index (κ3) is 26.0. The summed E-state index contributed by atoms with van der Waals surface area (Å²) < 4.78 is 101. The van der Waals surface area contributed by atoms with Crippen molar-refractivity contribution in [2.24, 2.45) is 21.1 Å². The first kappa shape index (κ1) is 92.2. The molecule has 2 aliphatic rings. The number of carbonyl (C=O) groups is 1. The number of aromatic amines is 1. The van der Waals surface area contributed by atoms with E-state index in [2.05, 4.69) is 170 Å². The summed E-state index contributed by atoms with van der Waals surface area (Å²) in [7, 11) is 3.70. The van der Waals surface area contributed by atoms with Crippen molar-refractivity contribution < 1.29 is 50.3 Å². The lowest BCUT2D eigenvalue weighted by atomic mass is 9.79. The minimum Gasteiger partial charge on any atom is -0.396 e. The van der Waals surface area contributed by atoms with Gasteiger partial charge in [0, 0.05) is 87.2 Å². The molecule has 13 rings (SSSR count). The number of nitrogens with two attached hydrogens (primary N) is 1. The number of nitrogens with one attached hydrogen (secondary N) is 6. The van der Waals surface area contributed by atoms with Gasteiger partial charge in [-0.2, -0.15) is 55.9 Å². The van der Waals surface area contributed by atoms with Crippen LogP contribution < -0.4 is 55.1 Å². The fourth-order valence-electron chi connectivity index (χ4n) is 11.8. The van der Waals surface area contributed by atoms with Gasteiger partial charge >= 0.3 is 39.8 Å². The van der Waals surface area contributed by atoms with Crippen LogP contribution >= 0.6 is 23.2 Å². The molecule has 0 bridgehead atoms. The summed E-state index contributed by atoms with van der Waals surface area (Å²) >= 11 is 10.8. The van der Waals surface area contributed by atoms with Gasteiger partial charge in [0.15, 0.2) is 23.3 Å². The normalized spacial score (nSPS) is 14.3. The van der Waals surface area contributed by atoms with E-state index >= 15 is 0 Å². The molecule has 2 saturated heterocycles. The number of halogens is 9. The standard InChI is InChI=1S/C21H27F2N9O.C13H20ClFN4.C8H6FN5O3.C8H8FN5O.C7H3ClFNO3.C7H4FN5O3.C4H12Si/c1-20(2)9-12(10-21(3,4)28-20)25-17-15(23)11-24-18(27-17)26-16-8-13(6-7-14(16)22)32-19(33)31(5)29-30-32;1-12(2)5-8(6-13(3,4)19-12)17-10-9(15)7-16-11(14)18-10;1-12-8(15)13(11-10-12)5-2-3-6(9)7(4-5)14(16)17;1-13-8(15)14(12-11-13)5-2-3-6(9)7(10)4-5;8-7(11)4-1-2-5(9)6(3-4)10(12)13;8-5-2-1-4(3-6(5)13(15)16)12-7(14)9-10-11-12;1-5(2,3)4/h6-8,11-12,28H,9-10H2,1-5H3,(H2,24,25,26,27);7-8,19H,5-6H2,1-4H3,(H,16,17,18);2-4H,1H3;2-4H,10H2,1H3;1-3H;1-3H,(H,9,11,14);1-4H3. The van der Waals surface area contributed by atoms with Crippen molar-refractivity contribution in [2.45, 2.75) is 142 Å². The predicted molar refractivity (Wildman–Crippen MR) is 420 cm³/mol. The average molecular weight is 1710 g/mol.